The van der Waals surface area contributed by atoms with E-state index in [1.54, 1.807) is 6.92 Å². The minimum Gasteiger partial charge on any atom is -0.364 e. The van der Waals surface area contributed by atoms with Gasteiger partial charge in [-0.05, 0) is 12.5 Å². The zero-order valence-electron chi connectivity index (χ0n) is 10.8. The Bertz CT molecular complexity index is 558. The largest absolute Gasteiger partial charge is 0.364 e. The third-order valence-electron chi connectivity index (χ3n) is 3.72. The van der Waals surface area contributed by atoms with E-state index in [4.69, 9.17) is 4.74 Å². The van der Waals surface area contributed by atoms with E-state index in [1.165, 1.54) is 11.0 Å². The van der Waals surface area contributed by atoms with Crippen molar-refractivity contribution >= 4 is 11.8 Å². The lowest BCUT2D eigenvalue weighted by Gasteiger charge is -2.18. The molecule has 98 valence electrons. The van der Waals surface area contributed by atoms with E-state index in [9.17, 15) is 9.59 Å². The molecular weight excluding hydrogens is 242 g/mol. The van der Waals surface area contributed by atoms with Crippen molar-refractivity contribution in [2.45, 2.75) is 18.9 Å². The van der Waals surface area contributed by atoms with Gasteiger partial charge in [-0.15, -0.1) is 0 Å². The van der Waals surface area contributed by atoms with Crippen molar-refractivity contribution in [1.82, 2.24) is 4.90 Å². The fraction of sp³-hybridized carbons (Fsp3) is 0.333. The summed E-state index contributed by atoms with van der Waals surface area (Å²) in [5, 5.41) is 0. The van der Waals surface area contributed by atoms with Gasteiger partial charge in [0.05, 0.1) is 6.61 Å². The van der Waals surface area contributed by atoms with Crippen LogP contribution in [0.15, 0.2) is 42.0 Å². The van der Waals surface area contributed by atoms with Crippen LogP contribution in [0.2, 0.25) is 0 Å². The van der Waals surface area contributed by atoms with Gasteiger partial charge in [0.15, 0.2) is 0 Å². The molecule has 1 fully saturated rings. The number of hydrogen-bond acceptors (Lipinski definition) is 3. The van der Waals surface area contributed by atoms with Crippen molar-refractivity contribution in [2.75, 3.05) is 13.2 Å². The molecule has 0 bridgehead atoms. The number of ether oxygens (including phenoxy) is 1. The van der Waals surface area contributed by atoms with Gasteiger partial charge in [-0.1, -0.05) is 30.3 Å². The standard InChI is InChI=1S/C15H15NO3/c1-11-9-13(17)16(14(11)18)8-7-15(10-19-15)12-5-3-2-4-6-12/h2-6,9H,7-8,10H2,1H3. The van der Waals surface area contributed by atoms with Crippen molar-refractivity contribution in [3.63, 3.8) is 0 Å². The average Bonchev–Trinajstić information content (AvgIpc) is 3.16. The molecular formula is C15H15NO3. The van der Waals surface area contributed by atoms with Crippen molar-refractivity contribution < 1.29 is 14.3 Å². The smallest absolute Gasteiger partial charge is 0.256 e. The highest BCUT2D eigenvalue weighted by molar-refractivity contribution is 6.15. The number of rotatable bonds is 4. The SMILES string of the molecule is CC1=CC(=O)N(CCC2(c3ccccc3)CO2)C1=O. The van der Waals surface area contributed by atoms with Crippen molar-refractivity contribution in [2.24, 2.45) is 0 Å². The van der Waals surface area contributed by atoms with E-state index in [0.29, 0.717) is 25.1 Å². The first kappa shape index (κ1) is 12.1. The molecule has 0 N–H and O–H groups in total. The Morgan fingerprint density at radius 1 is 1.26 bits per heavy atom. The van der Waals surface area contributed by atoms with E-state index in [1.807, 2.05) is 30.3 Å². The summed E-state index contributed by atoms with van der Waals surface area (Å²) in [4.78, 5) is 24.7. The van der Waals surface area contributed by atoms with E-state index >= 15 is 0 Å². The van der Waals surface area contributed by atoms with Gasteiger partial charge in [-0.2, -0.15) is 0 Å². The predicted molar refractivity (Wildman–Crippen MR) is 69.2 cm³/mol. The first-order valence-corrected chi connectivity index (χ1v) is 6.36. The second-order valence-electron chi connectivity index (χ2n) is 5.02. The maximum atomic E-state index is 11.8. The van der Waals surface area contributed by atoms with Crippen LogP contribution in [-0.2, 0) is 19.9 Å². The molecule has 4 nitrogen and oxygen atoms in total. The van der Waals surface area contributed by atoms with Crippen LogP contribution in [0, 0.1) is 0 Å². The third-order valence-corrected chi connectivity index (χ3v) is 3.72. The topological polar surface area (TPSA) is 49.9 Å². The van der Waals surface area contributed by atoms with Gasteiger partial charge < -0.3 is 4.74 Å². The summed E-state index contributed by atoms with van der Waals surface area (Å²) >= 11 is 0. The van der Waals surface area contributed by atoms with Gasteiger partial charge in [0.2, 0.25) is 0 Å². The molecule has 0 spiro atoms. The average molecular weight is 257 g/mol. The molecule has 0 radical (unpaired) electrons. The fourth-order valence-electron chi connectivity index (χ4n) is 2.43. The number of nitrogens with zero attached hydrogens (tertiary/aromatic N) is 1. The number of amides is 2. The van der Waals surface area contributed by atoms with Crippen LogP contribution in [0.25, 0.3) is 0 Å². The van der Waals surface area contributed by atoms with Gasteiger partial charge in [0, 0.05) is 24.6 Å². The number of carbonyl (C=O) groups excluding carboxylic acids is 2. The molecule has 0 saturated carbocycles. The minimum atomic E-state index is -0.307. The summed E-state index contributed by atoms with van der Waals surface area (Å²) in [5.41, 5.74) is 1.31. The Labute approximate surface area is 111 Å². The number of carbonyl (C=O) groups is 2. The minimum absolute atomic E-state index is 0.186. The molecule has 1 aromatic carbocycles. The van der Waals surface area contributed by atoms with Gasteiger partial charge in [-0.25, -0.2) is 0 Å². The number of benzene rings is 1. The number of epoxide rings is 1. The molecule has 0 aromatic heterocycles. The molecule has 4 heteroatoms. The third kappa shape index (κ3) is 2.08. The monoisotopic (exact) mass is 257 g/mol. The molecule has 3 rings (SSSR count). The Morgan fingerprint density at radius 2 is 1.95 bits per heavy atom. The van der Waals surface area contributed by atoms with Crippen LogP contribution in [-0.4, -0.2) is 29.9 Å². The predicted octanol–water partition coefficient (Wildman–Crippen LogP) is 1.62. The lowest BCUT2D eigenvalue weighted by atomic mass is 9.96. The van der Waals surface area contributed by atoms with Gasteiger partial charge in [0.25, 0.3) is 11.8 Å². The highest BCUT2D eigenvalue weighted by Crippen LogP contribution is 2.42. The highest BCUT2D eigenvalue weighted by atomic mass is 16.6. The van der Waals surface area contributed by atoms with Gasteiger partial charge >= 0.3 is 0 Å². The lowest BCUT2D eigenvalue weighted by Crippen LogP contribution is -2.33. The molecule has 2 aliphatic rings. The normalized spacial score (nSPS) is 25.7. The van der Waals surface area contributed by atoms with Gasteiger partial charge in [-0.3, -0.25) is 14.5 Å². The highest BCUT2D eigenvalue weighted by Gasteiger charge is 2.47. The Hall–Kier alpha value is -1.94. The number of imide groups is 1. The van der Waals surface area contributed by atoms with Crippen LogP contribution in [0.3, 0.4) is 0 Å². The fourth-order valence-corrected chi connectivity index (χ4v) is 2.43. The molecule has 1 atom stereocenters. The maximum absolute atomic E-state index is 11.8. The Morgan fingerprint density at radius 3 is 2.47 bits per heavy atom. The lowest BCUT2D eigenvalue weighted by molar-refractivity contribution is -0.137. The van der Waals surface area contributed by atoms with Crippen molar-refractivity contribution in [3.05, 3.63) is 47.5 Å². The first-order chi connectivity index (χ1) is 9.12. The maximum Gasteiger partial charge on any atom is 0.256 e. The second kappa shape index (κ2) is 4.31. The van der Waals surface area contributed by atoms with Crippen LogP contribution < -0.4 is 0 Å². The molecule has 2 heterocycles. The van der Waals surface area contributed by atoms with E-state index in [-0.39, 0.29) is 17.4 Å². The summed E-state index contributed by atoms with van der Waals surface area (Å²) < 4.78 is 5.57. The quantitative estimate of drug-likeness (QED) is 0.608. The van der Waals surface area contributed by atoms with E-state index < -0.39 is 0 Å². The zero-order chi connectivity index (χ0) is 13.5. The van der Waals surface area contributed by atoms with Crippen LogP contribution in [0.1, 0.15) is 18.9 Å². The molecule has 19 heavy (non-hydrogen) atoms. The molecule has 2 amide bonds. The molecule has 2 aliphatic heterocycles. The first-order valence-electron chi connectivity index (χ1n) is 6.36. The second-order valence-corrected chi connectivity index (χ2v) is 5.02. The Kier molecular flexibility index (Phi) is 2.75. The molecule has 1 aromatic rings. The summed E-state index contributed by atoms with van der Waals surface area (Å²) in [7, 11) is 0. The molecule has 1 saturated heterocycles. The zero-order valence-corrected chi connectivity index (χ0v) is 10.8. The summed E-state index contributed by atoms with van der Waals surface area (Å²) in [5.74, 6) is -0.403. The Balaban J connectivity index is 1.68. The summed E-state index contributed by atoms with van der Waals surface area (Å²) in [6, 6.07) is 9.93. The van der Waals surface area contributed by atoms with Crippen LogP contribution >= 0.6 is 0 Å². The van der Waals surface area contributed by atoms with Crippen LogP contribution in [0.5, 0.6) is 0 Å². The summed E-state index contributed by atoms with van der Waals surface area (Å²) in [6.07, 6.45) is 2.04. The summed E-state index contributed by atoms with van der Waals surface area (Å²) in [6.45, 7) is 2.72. The van der Waals surface area contributed by atoms with Crippen LogP contribution in [0.4, 0.5) is 0 Å². The van der Waals surface area contributed by atoms with E-state index in [2.05, 4.69) is 0 Å². The molecule has 0 aliphatic carbocycles. The van der Waals surface area contributed by atoms with Crippen molar-refractivity contribution in [3.8, 4) is 0 Å². The van der Waals surface area contributed by atoms with E-state index in [0.717, 1.165) is 5.56 Å². The molecule has 1 unspecified atom stereocenters. The number of hydrogen-bond donors (Lipinski definition) is 0. The van der Waals surface area contributed by atoms with Gasteiger partial charge in [0.1, 0.15) is 5.60 Å². The van der Waals surface area contributed by atoms with Crippen molar-refractivity contribution in [1.29, 1.82) is 0 Å².